The minimum atomic E-state index is 1.05. The summed E-state index contributed by atoms with van der Waals surface area (Å²) in [6.45, 7) is 8.61. The largest absolute Gasteiger partial charge is 0.372 e. The van der Waals surface area contributed by atoms with Crippen LogP contribution in [0, 0.1) is 6.92 Å². The van der Waals surface area contributed by atoms with Crippen LogP contribution in [0.5, 0.6) is 0 Å². The molecule has 0 aliphatic carbocycles. The second-order valence-electron chi connectivity index (χ2n) is 4.42. The molecule has 0 radical (unpaired) electrons. The Hall–Kier alpha value is -1.83. The number of pyridine rings is 1. The van der Waals surface area contributed by atoms with Gasteiger partial charge in [-0.3, -0.25) is 0 Å². The van der Waals surface area contributed by atoms with Gasteiger partial charge in [0.25, 0.3) is 0 Å². The van der Waals surface area contributed by atoms with Gasteiger partial charge in [0, 0.05) is 42.5 Å². The van der Waals surface area contributed by atoms with Crippen molar-refractivity contribution in [2.75, 3.05) is 18.0 Å². The zero-order chi connectivity index (χ0) is 13.0. The second-order valence-corrected chi connectivity index (χ2v) is 4.42. The molecule has 0 spiro atoms. The smallest absolute Gasteiger partial charge is 0.213 e. The summed E-state index contributed by atoms with van der Waals surface area (Å²) in [5.74, 6) is 0. The third-order valence-corrected chi connectivity index (χ3v) is 3.33. The lowest BCUT2D eigenvalue weighted by Gasteiger charge is -2.19. The molecule has 94 valence electrons. The number of rotatable bonds is 4. The zero-order valence-electron chi connectivity index (χ0n) is 11.4. The molecular formula is C16H21N2+. The van der Waals surface area contributed by atoms with E-state index in [9.17, 15) is 0 Å². The van der Waals surface area contributed by atoms with Gasteiger partial charge in [-0.05, 0) is 20.8 Å². The molecule has 2 heteroatoms. The minimum absolute atomic E-state index is 1.05. The van der Waals surface area contributed by atoms with Crippen LogP contribution >= 0.6 is 0 Å². The van der Waals surface area contributed by atoms with Gasteiger partial charge in [0.15, 0.2) is 12.4 Å². The molecule has 0 amide bonds. The molecule has 0 fully saturated rings. The van der Waals surface area contributed by atoms with Crippen LogP contribution in [0.1, 0.15) is 19.4 Å². The Morgan fingerprint density at radius 2 is 1.56 bits per heavy atom. The van der Waals surface area contributed by atoms with E-state index in [0.29, 0.717) is 0 Å². The first-order valence-electron chi connectivity index (χ1n) is 6.58. The van der Waals surface area contributed by atoms with Crippen LogP contribution in [0.15, 0.2) is 48.8 Å². The summed E-state index contributed by atoms with van der Waals surface area (Å²) in [6.07, 6.45) is 4.27. The van der Waals surface area contributed by atoms with E-state index in [1.54, 1.807) is 0 Å². The lowest BCUT2D eigenvalue weighted by atomic mass is 10.2. The summed E-state index contributed by atoms with van der Waals surface area (Å²) in [5, 5.41) is 0. The quantitative estimate of drug-likeness (QED) is 0.746. The fourth-order valence-corrected chi connectivity index (χ4v) is 2.23. The van der Waals surface area contributed by atoms with Gasteiger partial charge in [-0.1, -0.05) is 18.2 Å². The van der Waals surface area contributed by atoms with E-state index < -0.39 is 0 Å². The fraction of sp³-hybridized carbons (Fsp3) is 0.312. The Balaban J connectivity index is 2.30. The highest BCUT2D eigenvalue weighted by Crippen LogP contribution is 2.12. The average Bonchev–Trinajstić information content (AvgIpc) is 2.42. The molecule has 0 unspecified atom stereocenters. The highest BCUT2D eigenvalue weighted by molar-refractivity contribution is 5.44. The lowest BCUT2D eigenvalue weighted by molar-refractivity contribution is -0.596. The topological polar surface area (TPSA) is 7.12 Å². The maximum atomic E-state index is 2.35. The van der Waals surface area contributed by atoms with Crippen LogP contribution in [0.3, 0.4) is 0 Å². The van der Waals surface area contributed by atoms with Crippen LogP contribution in [0.25, 0.3) is 5.69 Å². The second kappa shape index (κ2) is 5.67. The van der Waals surface area contributed by atoms with Crippen molar-refractivity contribution >= 4 is 5.69 Å². The van der Waals surface area contributed by atoms with Gasteiger partial charge in [0.2, 0.25) is 5.69 Å². The number of benzene rings is 1. The molecule has 0 N–H and O–H groups in total. The molecule has 0 bridgehead atoms. The molecule has 2 rings (SSSR count). The van der Waals surface area contributed by atoms with Gasteiger partial charge in [-0.15, -0.1) is 0 Å². The standard InChI is InChI=1S/C16H21N2/c1-4-17(5-2)15-10-12-18(13-11-15)16-9-7-6-8-14(16)3/h6-13H,4-5H2,1-3H3/q+1. The van der Waals surface area contributed by atoms with Crippen LogP contribution in [-0.2, 0) is 0 Å². The summed E-state index contributed by atoms with van der Waals surface area (Å²) in [4.78, 5) is 2.35. The van der Waals surface area contributed by atoms with E-state index in [0.717, 1.165) is 13.1 Å². The number of aromatic nitrogens is 1. The fourth-order valence-electron chi connectivity index (χ4n) is 2.23. The maximum Gasteiger partial charge on any atom is 0.213 e. The number of para-hydroxylation sites is 1. The molecule has 2 nitrogen and oxygen atoms in total. The average molecular weight is 241 g/mol. The monoisotopic (exact) mass is 241 g/mol. The number of hydrogen-bond acceptors (Lipinski definition) is 1. The van der Waals surface area contributed by atoms with Crippen molar-refractivity contribution in [1.82, 2.24) is 0 Å². The number of aryl methyl sites for hydroxylation is 1. The number of anilines is 1. The predicted octanol–water partition coefficient (Wildman–Crippen LogP) is 3.12. The molecule has 1 aromatic carbocycles. The van der Waals surface area contributed by atoms with Gasteiger partial charge in [0.1, 0.15) is 0 Å². The first-order valence-corrected chi connectivity index (χ1v) is 6.58. The molecule has 0 saturated heterocycles. The van der Waals surface area contributed by atoms with Crippen LogP contribution < -0.4 is 9.47 Å². The molecule has 0 aliphatic heterocycles. The Morgan fingerprint density at radius 1 is 0.944 bits per heavy atom. The summed E-state index contributed by atoms with van der Waals surface area (Å²) in [6, 6.07) is 12.8. The first-order chi connectivity index (χ1) is 8.76. The SMILES string of the molecule is CCN(CC)c1cc[n+](-c2ccccc2C)cc1. The highest BCUT2D eigenvalue weighted by Gasteiger charge is 2.09. The Kier molecular flexibility index (Phi) is 3.98. The van der Waals surface area contributed by atoms with Crippen molar-refractivity contribution in [3.05, 3.63) is 54.4 Å². The van der Waals surface area contributed by atoms with Crippen molar-refractivity contribution < 1.29 is 4.57 Å². The van der Waals surface area contributed by atoms with Gasteiger partial charge < -0.3 is 4.90 Å². The van der Waals surface area contributed by atoms with Gasteiger partial charge >= 0.3 is 0 Å². The van der Waals surface area contributed by atoms with E-state index in [2.05, 4.69) is 79.0 Å². The normalized spacial score (nSPS) is 10.4. The molecule has 1 heterocycles. The Morgan fingerprint density at radius 3 is 2.11 bits per heavy atom. The first kappa shape index (κ1) is 12.6. The summed E-state index contributed by atoms with van der Waals surface area (Å²) < 4.78 is 2.17. The minimum Gasteiger partial charge on any atom is -0.372 e. The van der Waals surface area contributed by atoms with Crippen molar-refractivity contribution in [3.8, 4) is 5.69 Å². The molecule has 0 aliphatic rings. The van der Waals surface area contributed by atoms with Crippen molar-refractivity contribution in [1.29, 1.82) is 0 Å². The highest BCUT2D eigenvalue weighted by atomic mass is 15.1. The molecule has 1 aromatic heterocycles. The van der Waals surface area contributed by atoms with Crippen LogP contribution in [-0.4, -0.2) is 13.1 Å². The molecule has 0 atom stereocenters. The predicted molar refractivity (Wildman–Crippen MR) is 76.3 cm³/mol. The van der Waals surface area contributed by atoms with Crippen LogP contribution in [0.4, 0.5) is 5.69 Å². The maximum absolute atomic E-state index is 2.35. The third-order valence-electron chi connectivity index (χ3n) is 3.33. The summed E-state index contributed by atoms with van der Waals surface area (Å²) >= 11 is 0. The molecule has 18 heavy (non-hydrogen) atoms. The molecule has 2 aromatic rings. The molecular weight excluding hydrogens is 220 g/mol. The zero-order valence-corrected chi connectivity index (χ0v) is 11.4. The van der Waals surface area contributed by atoms with Crippen LogP contribution in [0.2, 0.25) is 0 Å². The summed E-state index contributed by atoms with van der Waals surface area (Å²) in [5.41, 5.74) is 3.81. The van der Waals surface area contributed by atoms with E-state index in [-0.39, 0.29) is 0 Å². The van der Waals surface area contributed by atoms with E-state index in [4.69, 9.17) is 0 Å². The summed E-state index contributed by atoms with van der Waals surface area (Å²) in [7, 11) is 0. The third kappa shape index (κ3) is 2.53. The number of hydrogen-bond donors (Lipinski definition) is 0. The van der Waals surface area contributed by atoms with E-state index >= 15 is 0 Å². The van der Waals surface area contributed by atoms with Gasteiger partial charge in [-0.25, -0.2) is 0 Å². The van der Waals surface area contributed by atoms with Gasteiger partial charge in [0.05, 0.1) is 0 Å². The van der Waals surface area contributed by atoms with E-state index in [1.807, 2.05) is 0 Å². The van der Waals surface area contributed by atoms with Crippen molar-refractivity contribution in [2.45, 2.75) is 20.8 Å². The molecule has 0 saturated carbocycles. The lowest BCUT2D eigenvalue weighted by Crippen LogP contribution is -2.31. The Bertz CT molecular complexity index is 499. The van der Waals surface area contributed by atoms with Gasteiger partial charge in [-0.2, -0.15) is 4.57 Å². The van der Waals surface area contributed by atoms with Crippen molar-refractivity contribution in [3.63, 3.8) is 0 Å². The Labute approximate surface area is 110 Å². The van der Waals surface area contributed by atoms with E-state index in [1.165, 1.54) is 16.9 Å². The number of nitrogens with zero attached hydrogens (tertiary/aromatic N) is 2. The van der Waals surface area contributed by atoms with Crippen molar-refractivity contribution in [2.24, 2.45) is 0 Å².